The standard InChI is InChI=1S/C26H25N5O2S/c32-24(18-14-16-31(17-15-18)26(33)28-19-6-2-1-3-7-19)27-20-10-12-21(13-11-20)34-25-29-22-8-4-5-9-23(22)30-25/h1-13,18H,14-17H2,(H,27,32)(H,28,33)(H,29,30). The van der Waals surface area contributed by atoms with Crippen molar-refractivity contribution < 1.29 is 9.59 Å². The second-order valence-corrected chi connectivity index (χ2v) is 9.29. The Morgan fingerprint density at radius 2 is 1.53 bits per heavy atom. The largest absolute Gasteiger partial charge is 0.333 e. The van der Waals surface area contributed by atoms with Crippen LogP contribution in [0.5, 0.6) is 0 Å². The summed E-state index contributed by atoms with van der Waals surface area (Å²) >= 11 is 1.55. The zero-order valence-electron chi connectivity index (χ0n) is 18.5. The quantitative estimate of drug-likeness (QED) is 0.354. The zero-order valence-corrected chi connectivity index (χ0v) is 19.3. The number of hydrogen-bond acceptors (Lipinski definition) is 4. The topological polar surface area (TPSA) is 90.1 Å². The van der Waals surface area contributed by atoms with Gasteiger partial charge in [-0.1, -0.05) is 42.1 Å². The number of anilines is 2. The normalized spacial score (nSPS) is 14.2. The van der Waals surface area contributed by atoms with Crippen molar-refractivity contribution in [2.75, 3.05) is 23.7 Å². The van der Waals surface area contributed by atoms with Crippen molar-refractivity contribution in [2.24, 2.45) is 5.92 Å². The van der Waals surface area contributed by atoms with Crippen molar-refractivity contribution in [1.29, 1.82) is 0 Å². The van der Waals surface area contributed by atoms with Gasteiger partial charge in [-0.2, -0.15) is 0 Å². The molecule has 8 heteroatoms. The number of nitrogens with zero attached hydrogens (tertiary/aromatic N) is 2. The van der Waals surface area contributed by atoms with Gasteiger partial charge in [-0.3, -0.25) is 4.79 Å². The van der Waals surface area contributed by atoms with Crippen LogP contribution in [0.3, 0.4) is 0 Å². The van der Waals surface area contributed by atoms with Gasteiger partial charge in [0.2, 0.25) is 5.91 Å². The number of nitrogens with one attached hydrogen (secondary N) is 3. The maximum Gasteiger partial charge on any atom is 0.321 e. The molecule has 3 aromatic carbocycles. The van der Waals surface area contributed by atoms with Crippen LogP contribution in [0.4, 0.5) is 16.2 Å². The maximum absolute atomic E-state index is 12.8. The Kier molecular flexibility index (Phi) is 6.49. The van der Waals surface area contributed by atoms with E-state index < -0.39 is 0 Å². The Bertz CT molecular complexity index is 1250. The van der Waals surface area contributed by atoms with Gasteiger partial charge in [0.25, 0.3) is 0 Å². The number of carbonyl (C=O) groups excluding carboxylic acids is 2. The smallest absolute Gasteiger partial charge is 0.321 e. The van der Waals surface area contributed by atoms with Gasteiger partial charge in [-0.25, -0.2) is 9.78 Å². The van der Waals surface area contributed by atoms with Crippen molar-refractivity contribution in [3.05, 3.63) is 78.9 Å². The third-order valence-corrected chi connectivity index (χ3v) is 6.78. The van der Waals surface area contributed by atoms with Gasteiger partial charge in [-0.15, -0.1) is 0 Å². The van der Waals surface area contributed by atoms with Crippen molar-refractivity contribution in [3.8, 4) is 0 Å². The van der Waals surface area contributed by atoms with Crippen molar-refractivity contribution >= 4 is 46.1 Å². The highest BCUT2D eigenvalue weighted by Crippen LogP contribution is 2.28. The summed E-state index contributed by atoms with van der Waals surface area (Å²) in [6, 6.07) is 25.0. The molecule has 0 bridgehead atoms. The van der Waals surface area contributed by atoms with Crippen molar-refractivity contribution in [3.63, 3.8) is 0 Å². The lowest BCUT2D eigenvalue weighted by Crippen LogP contribution is -2.43. The first-order valence-electron chi connectivity index (χ1n) is 11.3. The molecular formula is C26H25N5O2S. The molecule has 0 radical (unpaired) electrons. The number of imidazole rings is 1. The molecular weight excluding hydrogens is 446 g/mol. The Morgan fingerprint density at radius 1 is 0.853 bits per heavy atom. The summed E-state index contributed by atoms with van der Waals surface area (Å²) in [6.07, 6.45) is 1.29. The van der Waals surface area contributed by atoms with E-state index in [0.717, 1.165) is 32.5 Å². The summed E-state index contributed by atoms with van der Waals surface area (Å²) in [5.74, 6) is -0.105. The molecule has 3 N–H and O–H groups in total. The van der Waals surface area contributed by atoms with Crippen LogP contribution in [0.1, 0.15) is 12.8 Å². The molecule has 2 heterocycles. The molecule has 0 saturated carbocycles. The lowest BCUT2D eigenvalue weighted by atomic mass is 9.96. The summed E-state index contributed by atoms with van der Waals surface area (Å²) in [6.45, 7) is 1.12. The van der Waals surface area contributed by atoms with Gasteiger partial charge < -0.3 is 20.5 Å². The predicted octanol–water partition coefficient (Wildman–Crippen LogP) is 5.60. The van der Waals surface area contributed by atoms with E-state index in [0.29, 0.717) is 25.9 Å². The molecule has 34 heavy (non-hydrogen) atoms. The first kappa shape index (κ1) is 22.0. The Labute approximate surface area is 202 Å². The number of hydrogen-bond donors (Lipinski definition) is 3. The van der Waals surface area contributed by atoms with Crippen molar-refractivity contribution in [2.45, 2.75) is 22.9 Å². The van der Waals surface area contributed by atoms with Crippen LogP contribution >= 0.6 is 11.8 Å². The second-order valence-electron chi connectivity index (χ2n) is 8.23. The number of carbonyl (C=O) groups is 2. The molecule has 3 amide bonds. The number of aromatic nitrogens is 2. The number of piperidine rings is 1. The van der Waals surface area contributed by atoms with Crippen LogP contribution < -0.4 is 10.6 Å². The molecule has 1 aliphatic heterocycles. The van der Waals surface area contributed by atoms with E-state index >= 15 is 0 Å². The van der Waals surface area contributed by atoms with Gasteiger partial charge in [0.05, 0.1) is 11.0 Å². The number of H-pyrrole nitrogens is 1. The number of rotatable bonds is 5. The van der Waals surface area contributed by atoms with E-state index in [1.807, 2.05) is 78.9 Å². The lowest BCUT2D eigenvalue weighted by Gasteiger charge is -2.31. The lowest BCUT2D eigenvalue weighted by molar-refractivity contribution is -0.121. The summed E-state index contributed by atoms with van der Waals surface area (Å²) in [5.41, 5.74) is 3.49. The maximum atomic E-state index is 12.8. The molecule has 4 aromatic rings. The number of urea groups is 1. The van der Waals surface area contributed by atoms with Gasteiger partial charge in [0.15, 0.2) is 5.16 Å². The van der Waals surface area contributed by atoms with Gasteiger partial charge in [0, 0.05) is 35.3 Å². The SMILES string of the molecule is O=C(Nc1ccc(Sc2nc3ccccc3[nH]2)cc1)C1CCN(C(=O)Nc2ccccc2)CC1. The summed E-state index contributed by atoms with van der Waals surface area (Å²) < 4.78 is 0. The van der Waals surface area contributed by atoms with Crippen LogP contribution in [-0.4, -0.2) is 39.9 Å². The number of aromatic amines is 1. The molecule has 0 spiro atoms. The number of likely N-dealkylation sites (tertiary alicyclic amines) is 1. The molecule has 0 aliphatic carbocycles. The molecule has 1 saturated heterocycles. The van der Waals surface area contributed by atoms with Crippen LogP contribution in [0.15, 0.2) is 88.9 Å². The molecule has 1 fully saturated rings. The van der Waals surface area contributed by atoms with Crippen molar-refractivity contribution in [1.82, 2.24) is 14.9 Å². The Hall–Kier alpha value is -3.78. The Balaban J connectivity index is 1.11. The molecule has 0 unspecified atom stereocenters. The van der Waals surface area contributed by atoms with E-state index in [2.05, 4.69) is 20.6 Å². The second kappa shape index (κ2) is 10.0. The Morgan fingerprint density at radius 3 is 2.26 bits per heavy atom. The fourth-order valence-electron chi connectivity index (χ4n) is 4.01. The predicted molar refractivity (Wildman–Crippen MR) is 135 cm³/mol. The number of benzene rings is 3. The highest BCUT2D eigenvalue weighted by molar-refractivity contribution is 7.99. The first-order chi connectivity index (χ1) is 16.6. The molecule has 7 nitrogen and oxygen atoms in total. The van der Waals surface area contributed by atoms with Crippen LogP contribution in [-0.2, 0) is 4.79 Å². The fraction of sp³-hybridized carbons (Fsp3) is 0.192. The molecule has 1 aliphatic rings. The van der Waals surface area contributed by atoms with Crippen LogP contribution in [0.25, 0.3) is 11.0 Å². The van der Waals surface area contributed by atoms with Crippen LogP contribution in [0.2, 0.25) is 0 Å². The van der Waals surface area contributed by atoms with Gasteiger partial charge in [0.1, 0.15) is 0 Å². The molecule has 1 aromatic heterocycles. The minimum Gasteiger partial charge on any atom is -0.333 e. The average molecular weight is 472 g/mol. The van der Waals surface area contributed by atoms with Gasteiger partial charge in [-0.05, 0) is 61.4 Å². The molecule has 5 rings (SSSR count). The van der Waals surface area contributed by atoms with E-state index in [1.54, 1.807) is 16.7 Å². The van der Waals surface area contributed by atoms with E-state index in [-0.39, 0.29) is 17.9 Å². The first-order valence-corrected chi connectivity index (χ1v) is 12.1. The van der Waals surface area contributed by atoms with E-state index in [1.165, 1.54) is 0 Å². The number of fused-ring (bicyclic) bond motifs is 1. The number of para-hydroxylation sites is 3. The third kappa shape index (κ3) is 5.23. The molecule has 172 valence electrons. The fourth-order valence-corrected chi connectivity index (χ4v) is 4.81. The summed E-state index contributed by atoms with van der Waals surface area (Å²) in [7, 11) is 0. The molecule has 0 atom stereocenters. The zero-order chi connectivity index (χ0) is 23.3. The summed E-state index contributed by atoms with van der Waals surface area (Å²) in [5, 5.41) is 6.76. The van der Waals surface area contributed by atoms with Crippen LogP contribution in [0, 0.1) is 5.92 Å². The monoisotopic (exact) mass is 471 g/mol. The minimum absolute atomic E-state index is 0.000745. The average Bonchev–Trinajstić information content (AvgIpc) is 3.28. The highest BCUT2D eigenvalue weighted by Gasteiger charge is 2.27. The van der Waals surface area contributed by atoms with E-state index in [9.17, 15) is 9.59 Å². The summed E-state index contributed by atoms with van der Waals surface area (Å²) in [4.78, 5) is 35.9. The van der Waals surface area contributed by atoms with E-state index in [4.69, 9.17) is 0 Å². The third-order valence-electron chi connectivity index (χ3n) is 5.88. The minimum atomic E-state index is -0.123. The number of amides is 3. The highest BCUT2D eigenvalue weighted by atomic mass is 32.2. The van der Waals surface area contributed by atoms with Gasteiger partial charge >= 0.3 is 6.03 Å².